The van der Waals surface area contributed by atoms with E-state index in [2.05, 4.69) is 10.3 Å². The third-order valence-corrected chi connectivity index (χ3v) is 6.04. The molecule has 1 fully saturated rings. The van der Waals surface area contributed by atoms with Gasteiger partial charge in [0, 0.05) is 38.6 Å². The van der Waals surface area contributed by atoms with Gasteiger partial charge in [0.1, 0.15) is 10.7 Å². The largest absolute Gasteiger partial charge is 0.333 e. The van der Waals surface area contributed by atoms with Crippen molar-refractivity contribution in [2.45, 2.75) is 39.3 Å². The van der Waals surface area contributed by atoms with Crippen LogP contribution in [0.5, 0.6) is 0 Å². The maximum absolute atomic E-state index is 12.9. The minimum Gasteiger partial charge on any atom is -0.333 e. The molecule has 0 radical (unpaired) electrons. The van der Waals surface area contributed by atoms with Crippen molar-refractivity contribution >= 4 is 27.5 Å². The Morgan fingerprint density at radius 2 is 2.22 bits per heavy atom. The van der Waals surface area contributed by atoms with Crippen molar-refractivity contribution in [2.75, 3.05) is 19.6 Å². The molecule has 7 heteroatoms. The van der Waals surface area contributed by atoms with Gasteiger partial charge in [0.15, 0.2) is 0 Å². The zero-order valence-electron chi connectivity index (χ0n) is 13.4. The number of aryl methyl sites for hydroxylation is 2. The van der Waals surface area contributed by atoms with E-state index < -0.39 is 0 Å². The van der Waals surface area contributed by atoms with Crippen LogP contribution in [0.2, 0.25) is 0 Å². The summed E-state index contributed by atoms with van der Waals surface area (Å²) in [4.78, 5) is 33.6. The SMILES string of the molecule is Cc1c(C(=O)N2CCNC[C@@H]2C)sc2nc3n(c(=O)c12)CCC3. The molecule has 2 aliphatic heterocycles. The number of amides is 1. The number of aromatic nitrogens is 2. The highest BCUT2D eigenvalue weighted by molar-refractivity contribution is 7.20. The van der Waals surface area contributed by atoms with Gasteiger partial charge < -0.3 is 10.2 Å². The fourth-order valence-corrected chi connectivity index (χ4v) is 4.70. The highest BCUT2D eigenvalue weighted by Crippen LogP contribution is 2.30. The van der Waals surface area contributed by atoms with Gasteiger partial charge in [-0.15, -0.1) is 11.3 Å². The standard InChI is InChI=1S/C16H20N4O2S/c1-9-8-17-5-7-19(9)16(22)13-10(2)12-14(23-13)18-11-4-3-6-20(11)15(12)21/h9,17H,3-8H2,1-2H3/t9-/m0/s1. The van der Waals surface area contributed by atoms with Crippen molar-refractivity contribution in [3.63, 3.8) is 0 Å². The first-order valence-corrected chi connectivity index (χ1v) is 8.94. The maximum atomic E-state index is 12.9. The number of nitrogens with one attached hydrogen (secondary N) is 1. The van der Waals surface area contributed by atoms with Crippen LogP contribution in [-0.4, -0.2) is 46.0 Å². The maximum Gasteiger partial charge on any atom is 0.264 e. The van der Waals surface area contributed by atoms with Crippen molar-refractivity contribution in [1.82, 2.24) is 19.8 Å². The molecular weight excluding hydrogens is 312 g/mol. The van der Waals surface area contributed by atoms with Gasteiger partial charge >= 0.3 is 0 Å². The molecule has 1 saturated heterocycles. The molecule has 2 aromatic heterocycles. The van der Waals surface area contributed by atoms with Crippen LogP contribution in [0.25, 0.3) is 10.2 Å². The summed E-state index contributed by atoms with van der Waals surface area (Å²) in [5.41, 5.74) is 0.809. The van der Waals surface area contributed by atoms with E-state index in [1.807, 2.05) is 18.7 Å². The number of carbonyl (C=O) groups excluding carboxylic acids is 1. The molecule has 4 rings (SSSR count). The molecule has 1 amide bonds. The van der Waals surface area contributed by atoms with Gasteiger partial charge in [-0.05, 0) is 25.8 Å². The minimum absolute atomic E-state index is 0.0173. The molecule has 6 nitrogen and oxygen atoms in total. The number of hydrogen-bond donors (Lipinski definition) is 1. The summed E-state index contributed by atoms with van der Waals surface area (Å²) in [6.45, 7) is 7.00. The first-order chi connectivity index (χ1) is 11.1. The van der Waals surface area contributed by atoms with Crippen LogP contribution in [0, 0.1) is 6.92 Å². The number of hydrogen-bond acceptors (Lipinski definition) is 5. The van der Waals surface area contributed by atoms with E-state index in [9.17, 15) is 9.59 Å². The van der Waals surface area contributed by atoms with E-state index >= 15 is 0 Å². The van der Waals surface area contributed by atoms with Crippen molar-refractivity contribution in [3.05, 3.63) is 26.6 Å². The molecule has 0 spiro atoms. The number of piperazine rings is 1. The Morgan fingerprint density at radius 1 is 1.39 bits per heavy atom. The molecule has 0 unspecified atom stereocenters. The highest BCUT2D eigenvalue weighted by Gasteiger charge is 2.29. The zero-order chi connectivity index (χ0) is 16.1. The molecule has 2 aliphatic rings. The molecule has 0 saturated carbocycles. The van der Waals surface area contributed by atoms with Crippen molar-refractivity contribution in [1.29, 1.82) is 0 Å². The number of carbonyl (C=O) groups is 1. The zero-order valence-corrected chi connectivity index (χ0v) is 14.2. The Labute approximate surface area is 138 Å². The Bertz CT molecular complexity index is 854. The van der Waals surface area contributed by atoms with Crippen LogP contribution in [0.1, 0.15) is 34.4 Å². The van der Waals surface area contributed by atoms with Gasteiger partial charge in [0.05, 0.1) is 10.3 Å². The van der Waals surface area contributed by atoms with Crippen LogP contribution in [-0.2, 0) is 13.0 Å². The van der Waals surface area contributed by atoms with E-state index in [4.69, 9.17) is 0 Å². The smallest absolute Gasteiger partial charge is 0.264 e. The Balaban J connectivity index is 1.82. The Morgan fingerprint density at radius 3 is 3.00 bits per heavy atom. The number of rotatable bonds is 1. The second-order valence-electron chi connectivity index (χ2n) is 6.38. The lowest BCUT2D eigenvalue weighted by atomic mass is 10.1. The van der Waals surface area contributed by atoms with Crippen LogP contribution < -0.4 is 10.9 Å². The summed E-state index contributed by atoms with van der Waals surface area (Å²) in [5, 5.41) is 3.93. The summed E-state index contributed by atoms with van der Waals surface area (Å²) in [7, 11) is 0. The summed E-state index contributed by atoms with van der Waals surface area (Å²) in [6, 6.07) is 0.167. The summed E-state index contributed by atoms with van der Waals surface area (Å²) < 4.78 is 1.77. The van der Waals surface area contributed by atoms with E-state index in [1.165, 1.54) is 11.3 Å². The molecule has 0 aromatic carbocycles. The fourth-order valence-electron chi connectivity index (χ4n) is 3.55. The third-order valence-electron chi connectivity index (χ3n) is 4.87. The molecule has 1 atom stereocenters. The van der Waals surface area contributed by atoms with Gasteiger partial charge in [-0.3, -0.25) is 14.2 Å². The van der Waals surface area contributed by atoms with Crippen LogP contribution in [0.3, 0.4) is 0 Å². The topological polar surface area (TPSA) is 67.2 Å². The van der Waals surface area contributed by atoms with E-state index in [1.54, 1.807) is 4.57 Å². The monoisotopic (exact) mass is 332 g/mol. The molecule has 4 heterocycles. The average molecular weight is 332 g/mol. The first-order valence-electron chi connectivity index (χ1n) is 8.12. The number of nitrogens with zero attached hydrogens (tertiary/aromatic N) is 3. The van der Waals surface area contributed by atoms with Crippen LogP contribution >= 0.6 is 11.3 Å². The lowest BCUT2D eigenvalue weighted by molar-refractivity contribution is 0.0660. The summed E-state index contributed by atoms with van der Waals surface area (Å²) in [6.07, 6.45) is 1.82. The second-order valence-corrected chi connectivity index (χ2v) is 7.38. The summed E-state index contributed by atoms with van der Waals surface area (Å²) >= 11 is 1.37. The van der Waals surface area contributed by atoms with Gasteiger partial charge in [0.2, 0.25) is 0 Å². The molecule has 23 heavy (non-hydrogen) atoms. The van der Waals surface area contributed by atoms with Gasteiger partial charge in [-0.2, -0.15) is 0 Å². The van der Waals surface area contributed by atoms with Crippen molar-refractivity contribution < 1.29 is 4.79 Å². The summed E-state index contributed by atoms with van der Waals surface area (Å²) in [5.74, 6) is 0.891. The van der Waals surface area contributed by atoms with Crippen molar-refractivity contribution in [2.24, 2.45) is 0 Å². The third kappa shape index (κ3) is 2.21. The predicted octanol–water partition coefficient (Wildman–Crippen LogP) is 1.15. The molecule has 0 aliphatic carbocycles. The minimum atomic E-state index is 0.0173. The fraction of sp³-hybridized carbons (Fsp3) is 0.562. The molecule has 2 aromatic rings. The van der Waals surface area contributed by atoms with Gasteiger partial charge in [0.25, 0.3) is 11.5 Å². The molecule has 0 bridgehead atoms. The lowest BCUT2D eigenvalue weighted by Crippen LogP contribution is -2.52. The highest BCUT2D eigenvalue weighted by atomic mass is 32.1. The number of fused-ring (bicyclic) bond motifs is 2. The van der Waals surface area contributed by atoms with Crippen LogP contribution in [0.15, 0.2) is 4.79 Å². The second kappa shape index (κ2) is 5.42. The Kier molecular flexibility index (Phi) is 3.50. The van der Waals surface area contributed by atoms with Crippen LogP contribution in [0.4, 0.5) is 0 Å². The molecule has 1 N–H and O–H groups in total. The van der Waals surface area contributed by atoms with E-state index in [0.29, 0.717) is 21.6 Å². The predicted molar refractivity (Wildman–Crippen MR) is 90.3 cm³/mol. The normalized spacial score (nSPS) is 21.0. The molecular formula is C16H20N4O2S. The Hall–Kier alpha value is -1.73. The average Bonchev–Trinajstić information content (AvgIpc) is 3.12. The lowest BCUT2D eigenvalue weighted by Gasteiger charge is -2.33. The van der Waals surface area contributed by atoms with E-state index in [-0.39, 0.29) is 17.5 Å². The van der Waals surface area contributed by atoms with Gasteiger partial charge in [-0.1, -0.05) is 0 Å². The quantitative estimate of drug-likeness (QED) is 0.851. The molecule has 122 valence electrons. The van der Waals surface area contributed by atoms with E-state index in [0.717, 1.165) is 43.9 Å². The van der Waals surface area contributed by atoms with Gasteiger partial charge in [-0.25, -0.2) is 4.98 Å². The van der Waals surface area contributed by atoms with Crippen molar-refractivity contribution in [3.8, 4) is 0 Å². The number of thiophene rings is 1. The first kappa shape index (κ1) is 14.8.